The van der Waals surface area contributed by atoms with Crippen molar-refractivity contribution in [2.75, 3.05) is 18.1 Å². The number of pyridine rings is 1. The van der Waals surface area contributed by atoms with E-state index in [0.717, 1.165) is 36.5 Å². The number of hydrogen-bond donors (Lipinski definition) is 0. The third-order valence-electron chi connectivity index (χ3n) is 7.15. The Morgan fingerprint density at radius 2 is 1.86 bits per heavy atom. The molecule has 2 aliphatic rings. The molecule has 3 aromatic heterocycles. The first-order valence-electron chi connectivity index (χ1n) is 12.1. The highest BCUT2D eigenvalue weighted by Crippen LogP contribution is 2.41. The topological polar surface area (TPSA) is 113 Å². The molecule has 4 heterocycles. The number of hydrogen-bond acceptors (Lipinski definition) is 7. The van der Waals surface area contributed by atoms with Gasteiger partial charge in [-0.25, -0.2) is 22.9 Å². The third kappa shape index (κ3) is 4.28. The summed E-state index contributed by atoms with van der Waals surface area (Å²) >= 11 is 0. The highest BCUT2D eigenvalue weighted by atomic mass is 32.2. The van der Waals surface area contributed by atoms with E-state index in [2.05, 4.69) is 5.10 Å². The maximum absolute atomic E-state index is 13.2. The van der Waals surface area contributed by atoms with E-state index in [0.29, 0.717) is 34.3 Å². The first-order valence-corrected chi connectivity index (χ1v) is 13.9. The monoisotopic (exact) mass is 498 g/mol. The summed E-state index contributed by atoms with van der Waals surface area (Å²) in [6.45, 7) is 8.04. The summed E-state index contributed by atoms with van der Waals surface area (Å²) in [6.07, 6.45) is 2.45. The number of esters is 1. The van der Waals surface area contributed by atoms with Crippen LogP contribution in [-0.2, 0) is 21.1 Å². The van der Waals surface area contributed by atoms with Gasteiger partial charge in [0.1, 0.15) is 0 Å². The van der Waals surface area contributed by atoms with E-state index < -0.39 is 15.8 Å². The van der Waals surface area contributed by atoms with E-state index in [1.807, 2.05) is 31.4 Å². The van der Waals surface area contributed by atoms with Crippen LogP contribution in [-0.4, -0.2) is 57.6 Å². The van der Waals surface area contributed by atoms with Crippen LogP contribution >= 0.6 is 0 Å². The Hall–Kier alpha value is -3.01. The summed E-state index contributed by atoms with van der Waals surface area (Å²) in [5.41, 5.74) is 4.61. The van der Waals surface area contributed by atoms with Crippen LogP contribution in [0.2, 0.25) is 0 Å². The van der Waals surface area contributed by atoms with E-state index in [1.165, 1.54) is 0 Å². The Labute approximate surface area is 204 Å². The highest BCUT2D eigenvalue weighted by molar-refractivity contribution is 7.91. The van der Waals surface area contributed by atoms with Crippen molar-refractivity contribution in [1.82, 2.24) is 19.3 Å². The normalized spacial score (nSPS) is 19.4. The largest absolute Gasteiger partial charge is 0.454 e. The Bertz CT molecular complexity index is 1460. The van der Waals surface area contributed by atoms with Crippen molar-refractivity contribution in [3.05, 3.63) is 46.0 Å². The molecule has 0 amide bonds. The molecular formula is C25H30N4O5S. The standard InChI is InChI=1S/C25H30N4O5S/c1-5-28-14(2)10-19(16(28)4)22(30)12-34-25(31)20-11-21(17-6-7-17)26-24-23(20)15(3)27-29(24)18-8-9-35(32,33)13-18/h10-11,17-18H,5-9,12-13H2,1-4H3. The molecule has 1 unspecified atom stereocenters. The molecule has 35 heavy (non-hydrogen) atoms. The smallest absolute Gasteiger partial charge is 0.339 e. The summed E-state index contributed by atoms with van der Waals surface area (Å²) in [4.78, 5) is 30.9. The molecule has 186 valence electrons. The van der Waals surface area contributed by atoms with Crippen molar-refractivity contribution in [3.8, 4) is 0 Å². The van der Waals surface area contributed by atoms with E-state index in [-0.39, 0.29) is 35.9 Å². The third-order valence-corrected chi connectivity index (χ3v) is 8.90. The summed E-state index contributed by atoms with van der Waals surface area (Å²) in [7, 11) is -3.11. The zero-order valence-electron chi connectivity index (χ0n) is 20.5. The Kier molecular flexibility index (Phi) is 5.82. The van der Waals surface area contributed by atoms with Crippen LogP contribution in [0.25, 0.3) is 11.0 Å². The number of nitrogens with zero attached hydrogens (tertiary/aromatic N) is 4. The molecule has 1 aliphatic heterocycles. The number of Topliss-reactive ketones (excluding diaryl/α,β-unsaturated/α-hetero) is 1. The zero-order chi connectivity index (χ0) is 25.1. The van der Waals surface area contributed by atoms with Gasteiger partial charge in [-0.15, -0.1) is 0 Å². The number of ether oxygens (including phenoxy) is 1. The Balaban J connectivity index is 1.46. The molecule has 5 rings (SSSR count). The SMILES string of the molecule is CCn1c(C)cc(C(=O)COC(=O)c2cc(C3CC3)nc3c2c(C)nn3C2CCS(=O)(=O)C2)c1C. The first-order chi connectivity index (χ1) is 16.6. The van der Waals surface area contributed by atoms with E-state index in [9.17, 15) is 18.0 Å². The van der Waals surface area contributed by atoms with Crippen LogP contribution in [0.15, 0.2) is 12.1 Å². The van der Waals surface area contributed by atoms with Gasteiger partial charge in [0.15, 0.2) is 22.1 Å². The average Bonchev–Trinajstić information content (AvgIpc) is 3.45. The number of aromatic nitrogens is 4. The van der Waals surface area contributed by atoms with E-state index in [1.54, 1.807) is 17.7 Å². The van der Waals surface area contributed by atoms with Gasteiger partial charge < -0.3 is 9.30 Å². The van der Waals surface area contributed by atoms with E-state index >= 15 is 0 Å². The van der Waals surface area contributed by atoms with Crippen LogP contribution in [0.1, 0.15) is 81.6 Å². The van der Waals surface area contributed by atoms with Gasteiger partial charge >= 0.3 is 5.97 Å². The van der Waals surface area contributed by atoms with Crippen LogP contribution in [0.5, 0.6) is 0 Å². The number of fused-ring (bicyclic) bond motifs is 1. The van der Waals surface area contributed by atoms with Gasteiger partial charge in [0, 0.05) is 35.1 Å². The second-order valence-corrected chi connectivity index (χ2v) is 11.9. The summed E-state index contributed by atoms with van der Waals surface area (Å²) in [6, 6.07) is 3.27. The summed E-state index contributed by atoms with van der Waals surface area (Å²) in [5, 5.41) is 5.15. The molecule has 0 bridgehead atoms. The van der Waals surface area contributed by atoms with Crippen LogP contribution in [0.4, 0.5) is 0 Å². The Morgan fingerprint density at radius 3 is 2.46 bits per heavy atom. The fraction of sp³-hybridized carbons (Fsp3) is 0.520. The fourth-order valence-corrected chi connectivity index (χ4v) is 6.85. The molecule has 3 aromatic rings. The van der Waals surface area contributed by atoms with Gasteiger partial charge in [-0.3, -0.25) is 4.79 Å². The lowest BCUT2D eigenvalue weighted by Crippen LogP contribution is -2.16. The van der Waals surface area contributed by atoms with Gasteiger partial charge in [0.25, 0.3) is 0 Å². The van der Waals surface area contributed by atoms with Crippen molar-refractivity contribution in [2.24, 2.45) is 0 Å². The average molecular weight is 499 g/mol. The van der Waals surface area contributed by atoms with Crippen LogP contribution in [0.3, 0.4) is 0 Å². The quantitative estimate of drug-likeness (QED) is 0.362. The van der Waals surface area contributed by atoms with Crippen LogP contribution < -0.4 is 0 Å². The van der Waals surface area contributed by atoms with Crippen molar-refractivity contribution < 1.29 is 22.7 Å². The molecule has 1 aliphatic carbocycles. The molecule has 10 heteroatoms. The van der Waals surface area contributed by atoms with Gasteiger partial charge in [-0.1, -0.05) is 0 Å². The number of carbonyl (C=O) groups excluding carboxylic acids is 2. The Morgan fingerprint density at radius 1 is 1.11 bits per heavy atom. The molecule has 0 spiro atoms. The molecule has 0 radical (unpaired) electrons. The molecule has 0 N–H and O–H groups in total. The molecule has 9 nitrogen and oxygen atoms in total. The van der Waals surface area contributed by atoms with E-state index in [4.69, 9.17) is 9.72 Å². The van der Waals surface area contributed by atoms with Gasteiger partial charge in [0.05, 0.1) is 34.2 Å². The lowest BCUT2D eigenvalue weighted by Gasteiger charge is -2.12. The number of rotatable bonds is 7. The first kappa shape index (κ1) is 23.7. The summed E-state index contributed by atoms with van der Waals surface area (Å²) in [5.74, 6) is -0.442. The predicted molar refractivity (Wildman–Crippen MR) is 131 cm³/mol. The molecule has 2 fully saturated rings. The van der Waals surface area contributed by atoms with Crippen molar-refractivity contribution in [1.29, 1.82) is 0 Å². The summed E-state index contributed by atoms with van der Waals surface area (Å²) < 4.78 is 33.4. The maximum atomic E-state index is 13.2. The molecule has 1 saturated carbocycles. The zero-order valence-corrected chi connectivity index (χ0v) is 21.3. The maximum Gasteiger partial charge on any atom is 0.339 e. The minimum Gasteiger partial charge on any atom is -0.454 e. The molecule has 1 saturated heterocycles. The fourth-order valence-electron chi connectivity index (χ4n) is 5.16. The van der Waals surface area contributed by atoms with Crippen molar-refractivity contribution in [3.63, 3.8) is 0 Å². The minimum atomic E-state index is -3.11. The molecular weight excluding hydrogens is 468 g/mol. The van der Waals surface area contributed by atoms with Gasteiger partial charge in [-0.05, 0) is 59.1 Å². The van der Waals surface area contributed by atoms with Gasteiger partial charge in [0.2, 0.25) is 5.78 Å². The number of sulfone groups is 1. The number of ketones is 1. The lowest BCUT2D eigenvalue weighted by atomic mass is 10.1. The number of carbonyl (C=O) groups is 2. The molecule has 0 aromatic carbocycles. The van der Waals surface area contributed by atoms with Crippen molar-refractivity contribution in [2.45, 2.75) is 65.5 Å². The van der Waals surface area contributed by atoms with Crippen molar-refractivity contribution >= 4 is 32.6 Å². The highest BCUT2D eigenvalue weighted by Gasteiger charge is 2.34. The number of aryl methyl sites for hydroxylation is 2. The second kappa shape index (κ2) is 8.58. The second-order valence-electron chi connectivity index (χ2n) is 9.68. The molecule has 1 atom stereocenters. The van der Waals surface area contributed by atoms with Crippen LogP contribution in [0, 0.1) is 20.8 Å². The minimum absolute atomic E-state index is 0.0169. The van der Waals surface area contributed by atoms with Gasteiger partial charge in [-0.2, -0.15) is 5.10 Å². The lowest BCUT2D eigenvalue weighted by molar-refractivity contribution is 0.0476. The predicted octanol–water partition coefficient (Wildman–Crippen LogP) is 3.45.